The van der Waals surface area contributed by atoms with Gasteiger partial charge in [-0.05, 0) is 25.8 Å². The van der Waals surface area contributed by atoms with Crippen LogP contribution in [0.15, 0.2) is 0 Å². The fraction of sp³-hybridized carbons (Fsp3) is 0.667. The Bertz CT molecular complexity index is 199. The molecule has 0 unspecified atom stereocenters. The molecule has 0 spiro atoms. The van der Waals surface area contributed by atoms with Crippen LogP contribution in [0, 0.1) is 11.3 Å². The monoisotopic (exact) mass is 176 g/mol. The van der Waals surface area contributed by atoms with Crippen molar-refractivity contribution in [3.63, 3.8) is 0 Å². The summed E-state index contributed by atoms with van der Waals surface area (Å²) in [5, 5.41) is 8.49. The first-order chi connectivity index (χ1) is 4.89. The maximum absolute atomic E-state index is 11.9. The molecular formula is C6H9FN2OS. The molecule has 0 saturated heterocycles. The lowest BCUT2D eigenvalue weighted by molar-refractivity contribution is 0.209. The molecule has 0 atom stereocenters. The number of nitrogens with zero attached hydrogens (tertiary/aromatic N) is 2. The van der Waals surface area contributed by atoms with Crippen LogP contribution in [0.3, 0.4) is 0 Å². The van der Waals surface area contributed by atoms with E-state index in [-0.39, 0.29) is 0 Å². The third-order valence-corrected chi connectivity index (χ3v) is 1.85. The first-order valence-electron chi connectivity index (χ1n) is 2.92. The highest BCUT2D eigenvalue weighted by atomic mass is 32.2. The second kappa shape index (κ2) is 3.58. The normalized spacial score (nSPS) is 10.5. The van der Waals surface area contributed by atoms with Crippen molar-refractivity contribution in [3.05, 3.63) is 0 Å². The third kappa shape index (κ3) is 3.83. The molecule has 0 radical (unpaired) electrons. The number of nitriles is 1. The first-order valence-corrected chi connectivity index (χ1v) is 3.70. The molecule has 0 rings (SSSR count). The van der Waals surface area contributed by atoms with E-state index in [4.69, 9.17) is 5.26 Å². The average Bonchev–Trinajstić information content (AvgIpc) is 1.87. The average molecular weight is 176 g/mol. The lowest BCUT2D eigenvalue weighted by Gasteiger charge is -2.19. The van der Waals surface area contributed by atoms with Gasteiger partial charge in [-0.3, -0.25) is 4.31 Å². The van der Waals surface area contributed by atoms with Crippen molar-refractivity contribution in [2.45, 2.75) is 18.6 Å². The smallest absolute Gasteiger partial charge is 0.260 e. The summed E-state index contributed by atoms with van der Waals surface area (Å²) in [5.74, 6) is 0. The number of hydrogen-bond acceptors (Lipinski definition) is 3. The first kappa shape index (κ1) is 10.2. The van der Waals surface area contributed by atoms with Gasteiger partial charge in [0.2, 0.25) is 0 Å². The molecule has 11 heavy (non-hydrogen) atoms. The summed E-state index contributed by atoms with van der Waals surface area (Å²) < 4.78 is 11.9. The van der Waals surface area contributed by atoms with Crippen molar-refractivity contribution in [3.8, 4) is 6.07 Å². The van der Waals surface area contributed by atoms with Gasteiger partial charge >= 0.3 is 6.16 Å². The lowest BCUT2D eigenvalue weighted by Crippen LogP contribution is -2.23. The second-order valence-electron chi connectivity index (χ2n) is 2.46. The molecule has 0 fully saturated rings. The van der Waals surface area contributed by atoms with Crippen LogP contribution in [0.1, 0.15) is 13.8 Å². The number of amides is 1. The van der Waals surface area contributed by atoms with Crippen LogP contribution in [-0.2, 0) is 0 Å². The minimum absolute atomic E-state index is 0.767. The molecule has 0 aliphatic rings. The Hall–Kier alpha value is -0.760. The van der Waals surface area contributed by atoms with Crippen LogP contribution >= 0.6 is 11.9 Å². The molecule has 0 aromatic rings. The summed E-state index contributed by atoms with van der Waals surface area (Å²) in [4.78, 5) is 10.1. The predicted molar refractivity (Wildman–Crippen MR) is 41.6 cm³/mol. The largest absolute Gasteiger partial charge is 0.409 e. The van der Waals surface area contributed by atoms with E-state index in [1.54, 1.807) is 13.8 Å². The van der Waals surface area contributed by atoms with Gasteiger partial charge in [-0.2, -0.15) is 5.26 Å². The maximum atomic E-state index is 11.9. The van der Waals surface area contributed by atoms with Gasteiger partial charge in [0.25, 0.3) is 0 Å². The zero-order valence-corrected chi connectivity index (χ0v) is 7.41. The van der Waals surface area contributed by atoms with E-state index in [9.17, 15) is 9.18 Å². The Morgan fingerprint density at radius 1 is 1.73 bits per heavy atom. The van der Waals surface area contributed by atoms with E-state index in [2.05, 4.69) is 0 Å². The quantitative estimate of drug-likeness (QED) is 0.367. The van der Waals surface area contributed by atoms with Crippen molar-refractivity contribution in [1.29, 1.82) is 5.26 Å². The molecule has 0 aromatic heterocycles. The topological polar surface area (TPSA) is 44.1 Å². The fourth-order valence-electron chi connectivity index (χ4n) is 0.399. The van der Waals surface area contributed by atoms with E-state index in [0.29, 0.717) is 0 Å². The van der Waals surface area contributed by atoms with E-state index in [1.165, 1.54) is 7.05 Å². The molecule has 0 heterocycles. The van der Waals surface area contributed by atoms with E-state index >= 15 is 0 Å². The minimum atomic E-state index is -1.54. The molecule has 0 aromatic carbocycles. The number of carbonyl (C=O) groups is 1. The Balaban J connectivity index is 4.07. The molecule has 62 valence electrons. The van der Waals surface area contributed by atoms with Crippen LogP contribution < -0.4 is 0 Å². The number of rotatable bonds is 2. The van der Waals surface area contributed by atoms with Gasteiger partial charge in [-0.25, -0.2) is 4.79 Å². The van der Waals surface area contributed by atoms with E-state index in [0.717, 1.165) is 16.3 Å². The highest BCUT2D eigenvalue weighted by Gasteiger charge is 2.23. The minimum Gasteiger partial charge on any atom is -0.260 e. The van der Waals surface area contributed by atoms with Gasteiger partial charge in [0.1, 0.15) is 4.75 Å². The Kier molecular flexibility index (Phi) is 3.33. The molecule has 0 N–H and O–H groups in total. The maximum Gasteiger partial charge on any atom is 0.409 e. The summed E-state index contributed by atoms with van der Waals surface area (Å²) in [6.45, 7) is 3.22. The predicted octanol–water partition coefficient (Wildman–Crippen LogP) is 1.96. The van der Waals surface area contributed by atoms with Crippen molar-refractivity contribution < 1.29 is 9.18 Å². The molecule has 5 heteroatoms. The van der Waals surface area contributed by atoms with Crippen molar-refractivity contribution >= 4 is 18.1 Å². The number of hydrogen-bond donors (Lipinski definition) is 0. The van der Waals surface area contributed by atoms with Gasteiger partial charge in [0, 0.05) is 7.05 Å². The summed E-state index contributed by atoms with van der Waals surface area (Å²) in [6, 6.07) is 1.93. The molecule has 0 aliphatic heterocycles. The third-order valence-electron chi connectivity index (χ3n) is 0.882. The van der Waals surface area contributed by atoms with Gasteiger partial charge in [-0.1, -0.05) is 0 Å². The Morgan fingerprint density at radius 2 is 2.18 bits per heavy atom. The summed E-state index contributed by atoms with van der Waals surface area (Å²) in [7, 11) is 1.28. The van der Waals surface area contributed by atoms with Crippen molar-refractivity contribution in [2.24, 2.45) is 0 Å². The van der Waals surface area contributed by atoms with Gasteiger partial charge in [0.05, 0.1) is 6.07 Å². The van der Waals surface area contributed by atoms with Crippen molar-refractivity contribution in [2.75, 3.05) is 7.05 Å². The molecule has 3 nitrogen and oxygen atoms in total. The summed E-state index contributed by atoms with van der Waals surface area (Å²) in [6.07, 6.45) is -1.54. The van der Waals surface area contributed by atoms with Crippen LogP contribution in [0.4, 0.5) is 9.18 Å². The molecular weight excluding hydrogens is 167 g/mol. The van der Waals surface area contributed by atoms with Gasteiger partial charge in [-0.15, -0.1) is 4.39 Å². The zero-order chi connectivity index (χ0) is 9.07. The Labute approximate surface area is 69.3 Å². The van der Waals surface area contributed by atoms with Crippen LogP contribution in [0.2, 0.25) is 0 Å². The zero-order valence-electron chi connectivity index (χ0n) is 6.59. The second-order valence-corrected chi connectivity index (χ2v) is 4.21. The highest BCUT2D eigenvalue weighted by molar-refractivity contribution is 7.99. The Morgan fingerprint density at radius 3 is 2.45 bits per heavy atom. The molecule has 0 saturated carbocycles. The highest BCUT2D eigenvalue weighted by Crippen LogP contribution is 2.26. The van der Waals surface area contributed by atoms with Gasteiger partial charge < -0.3 is 0 Å². The van der Waals surface area contributed by atoms with E-state index in [1.807, 2.05) is 6.07 Å². The van der Waals surface area contributed by atoms with Crippen LogP contribution in [0.5, 0.6) is 0 Å². The fourth-order valence-corrected chi connectivity index (χ4v) is 1.20. The number of carbonyl (C=O) groups excluding carboxylic acids is 1. The van der Waals surface area contributed by atoms with Crippen molar-refractivity contribution in [1.82, 2.24) is 4.31 Å². The van der Waals surface area contributed by atoms with Crippen LogP contribution in [-0.4, -0.2) is 22.3 Å². The summed E-state index contributed by atoms with van der Waals surface area (Å²) in [5.41, 5.74) is 0. The van der Waals surface area contributed by atoms with E-state index < -0.39 is 10.9 Å². The summed E-state index contributed by atoms with van der Waals surface area (Å²) >= 11 is 0.858. The molecule has 0 aliphatic carbocycles. The molecule has 0 bridgehead atoms. The van der Waals surface area contributed by atoms with Crippen LogP contribution in [0.25, 0.3) is 0 Å². The lowest BCUT2D eigenvalue weighted by atomic mass is 10.2. The number of halogens is 1. The molecule has 1 amide bonds. The van der Waals surface area contributed by atoms with Gasteiger partial charge in [0.15, 0.2) is 0 Å². The SMILES string of the molecule is CN(SC(C)(C)C#N)C(=O)F. The standard InChI is InChI=1S/C6H9FN2OS/c1-6(2,4-8)11-9(3)5(7)10/h1-3H3.